The van der Waals surface area contributed by atoms with Gasteiger partial charge in [0.25, 0.3) is 0 Å². The maximum absolute atomic E-state index is 5.37. The first kappa shape index (κ1) is 15.6. The SMILES string of the molecule is CCc1ccc(-c2csc(-c3ccc(OC)c(OC)c3)n2)cc1. The standard InChI is InChI=1S/C19H19NO2S/c1-4-13-5-7-14(8-6-13)16-12-23-19(20-16)15-9-10-17(21-2)18(11-15)22-3/h5-12H,4H2,1-3H3. The first-order chi connectivity index (χ1) is 11.2. The van der Waals surface area contributed by atoms with Gasteiger partial charge >= 0.3 is 0 Å². The molecule has 0 saturated heterocycles. The van der Waals surface area contributed by atoms with Crippen molar-refractivity contribution >= 4 is 11.3 Å². The molecule has 0 aliphatic carbocycles. The van der Waals surface area contributed by atoms with E-state index in [0.29, 0.717) is 5.75 Å². The summed E-state index contributed by atoms with van der Waals surface area (Å²) in [4.78, 5) is 4.76. The van der Waals surface area contributed by atoms with E-state index >= 15 is 0 Å². The number of thiazole rings is 1. The van der Waals surface area contributed by atoms with Crippen molar-refractivity contribution in [3.05, 3.63) is 53.4 Å². The number of ether oxygens (including phenoxy) is 2. The summed E-state index contributed by atoms with van der Waals surface area (Å²) >= 11 is 1.63. The third-order valence-electron chi connectivity index (χ3n) is 3.79. The Bertz CT molecular complexity index is 793. The molecule has 0 aliphatic heterocycles. The fourth-order valence-electron chi connectivity index (χ4n) is 2.42. The molecule has 4 heteroatoms. The zero-order chi connectivity index (χ0) is 16.2. The average Bonchev–Trinajstić information content (AvgIpc) is 3.11. The summed E-state index contributed by atoms with van der Waals surface area (Å²) in [5.74, 6) is 1.44. The summed E-state index contributed by atoms with van der Waals surface area (Å²) in [6.07, 6.45) is 1.05. The molecule has 0 amide bonds. The molecule has 1 aromatic heterocycles. The van der Waals surface area contributed by atoms with Gasteiger partial charge in [-0.3, -0.25) is 0 Å². The van der Waals surface area contributed by atoms with E-state index < -0.39 is 0 Å². The van der Waals surface area contributed by atoms with Gasteiger partial charge in [-0.25, -0.2) is 4.98 Å². The fraction of sp³-hybridized carbons (Fsp3) is 0.211. The topological polar surface area (TPSA) is 31.4 Å². The van der Waals surface area contributed by atoms with Crippen molar-refractivity contribution in [2.75, 3.05) is 14.2 Å². The van der Waals surface area contributed by atoms with Crippen molar-refractivity contribution in [2.45, 2.75) is 13.3 Å². The molecule has 0 bridgehead atoms. The number of nitrogens with zero attached hydrogens (tertiary/aromatic N) is 1. The van der Waals surface area contributed by atoms with Crippen LogP contribution in [0.3, 0.4) is 0 Å². The molecule has 0 aliphatic rings. The molecule has 0 radical (unpaired) electrons. The zero-order valence-corrected chi connectivity index (χ0v) is 14.3. The van der Waals surface area contributed by atoms with Gasteiger partial charge in [-0.15, -0.1) is 11.3 Å². The molecular formula is C19H19NO2S. The highest BCUT2D eigenvalue weighted by molar-refractivity contribution is 7.13. The Morgan fingerprint density at radius 3 is 2.26 bits per heavy atom. The Labute approximate surface area is 140 Å². The fourth-order valence-corrected chi connectivity index (χ4v) is 3.25. The lowest BCUT2D eigenvalue weighted by atomic mass is 10.1. The number of hydrogen-bond acceptors (Lipinski definition) is 4. The minimum absolute atomic E-state index is 0.717. The van der Waals surface area contributed by atoms with Crippen LogP contribution < -0.4 is 9.47 Å². The van der Waals surface area contributed by atoms with E-state index in [2.05, 4.69) is 36.6 Å². The smallest absolute Gasteiger partial charge is 0.161 e. The Morgan fingerprint density at radius 2 is 1.61 bits per heavy atom. The van der Waals surface area contributed by atoms with E-state index in [1.807, 2.05) is 18.2 Å². The van der Waals surface area contributed by atoms with Crippen molar-refractivity contribution in [1.29, 1.82) is 0 Å². The van der Waals surface area contributed by atoms with Gasteiger partial charge in [-0.05, 0) is 30.2 Å². The van der Waals surface area contributed by atoms with E-state index in [-0.39, 0.29) is 0 Å². The highest BCUT2D eigenvalue weighted by Gasteiger charge is 2.10. The summed E-state index contributed by atoms with van der Waals surface area (Å²) in [5.41, 5.74) is 4.51. The highest BCUT2D eigenvalue weighted by Crippen LogP contribution is 2.35. The van der Waals surface area contributed by atoms with E-state index in [0.717, 1.165) is 34.0 Å². The molecule has 0 unspecified atom stereocenters. The average molecular weight is 325 g/mol. The van der Waals surface area contributed by atoms with E-state index in [1.165, 1.54) is 5.56 Å². The predicted octanol–water partition coefficient (Wildman–Crippen LogP) is 5.06. The van der Waals surface area contributed by atoms with Crippen LogP contribution in [-0.4, -0.2) is 19.2 Å². The van der Waals surface area contributed by atoms with Crippen molar-refractivity contribution in [3.63, 3.8) is 0 Å². The lowest BCUT2D eigenvalue weighted by Crippen LogP contribution is -1.90. The number of benzene rings is 2. The third-order valence-corrected chi connectivity index (χ3v) is 4.68. The normalized spacial score (nSPS) is 10.6. The highest BCUT2D eigenvalue weighted by atomic mass is 32.1. The quantitative estimate of drug-likeness (QED) is 0.657. The lowest BCUT2D eigenvalue weighted by molar-refractivity contribution is 0.355. The van der Waals surface area contributed by atoms with Crippen LogP contribution in [0.5, 0.6) is 11.5 Å². The number of hydrogen-bond donors (Lipinski definition) is 0. The first-order valence-electron chi connectivity index (χ1n) is 7.52. The van der Waals surface area contributed by atoms with Gasteiger partial charge in [0.15, 0.2) is 11.5 Å². The summed E-state index contributed by atoms with van der Waals surface area (Å²) < 4.78 is 10.6. The Morgan fingerprint density at radius 1 is 0.913 bits per heavy atom. The van der Waals surface area contributed by atoms with Crippen molar-refractivity contribution in [3.8, 4) is 33.3 Å². The predicted molar refractivity (Wildman–Crippen MR) is 95.5 cm³/mol. The van der Waals surface area contributed by atoms with Gasteiger partial charge in [0.05, 0.1) is 19.9 Å². The third kappa shape index (κ3) is 3.22. The van der Waals surface area contributed by atoms with Crippen LogP contribution in [0.2, 0.25) is 0 Å². The van der Waals surface area contributed by atoms with Crippen LogP contribution in [0.4, 0.5) is 0 Å². The number of rotatable bonds is 5. The molecule has 3 nitrogen and oxygen atoms in total. The number of aryl methyl sites for hydroxylation is 1. The second-order valence-electron chi connectivity index (χ2n) is 5.16. The van der Waals surface area contributed by atoms with Gasteiger partial charge in [-0.1, -0.05) is 31.2 Å². The molecule has 3 rings (SSSR count). The molecule has 3 aromatic rings. The van der Waals surface area contributed by atoms with E-state index in [9.17, 15) is 0 Å². The largest absolute Gasteiger partial charge is 0.493 e. The van der Waals surface area contributed by atoms with E-state index in [1.54, 1.807) is 25.6 Å². The summed E-state index contributed by atoms with van der Waals surface area (Å²) in [7, 11) is 3.28. The second kappa shape index (κ2) is 6.84. The van der Waals surface area contributed by atoms with Gasteiger partial charge in [0.2, 0.25) is 0 Å². The Hall–Kier alpha value is -2.33. The molecule has 0 fully saturated rings. The van der Waals surface area contributed by atoms with Crippen molar-refractivity contribution in [2.24, 2.45) is 0 Å². The van der Waals surface area contributed by atoms with Crippen LogP contribution in [0, 0.1) is 0 Å². The first-order valence-corrected chi connectivity index (χ1v) is 8.40. The second-order valence-corrected chi connectivity index (χ2v) is 6.02. The molecule has 2 aromatic carbocycles. The lowest BCUT2D eigenvalue weighted by Gasteiger charge is -2.08. The number of methoxy groups -OCH3 is 2. The summed E-state index contributed by atoms with van der Waals surface area (Å²) in [6.45, 7) is 2.16. The molecule has 0 saturated carbocycles. The Kier molecular flexibility index (Phi) is 4.63. The maximum atomic E-state index is 5.37. The Balaban J connectivity index is 1.92. The number of aromatic nitrogens is 1. The van der Waals surface area contributed by atoms with Crippen molar-refractivity contribution in [1.82, 2.24) is 4.98 Å². The minimum Gasteiger partial charge on any atom is -0.493 e. The molecule has 0 spiro atoms. The minimum atomic E-state index is 0.717. The molecule has 23 heavy (non-hydrogen) atoms. The summed E-state index contributed by atoms with van der Waals surface area (Å²) in [5, 5.41) is 3.06. The molecular weight excluding hydrogens is 306 g/mol. The van der Waals surface area contributed by atoms with Gasteiger partial charge < -0.3 is 9.47 Å². The molecule has 0 N–H and O–H groups in total. The van der Waals surface area contributed by atoms with Crippen LogP contribution in [0.15, 0.2) is 47.8 Å². The van der Waals surface area contributed by atoms with Crippen LogP contribution >= 0.6 is 11.3 Å². The van der Waals surface area contributed by atoms with Crippen LogP contribution in [-0.2, 0) is 6.42 Å². The monoisotopic (exact) mass is 325 g/mol. The van der Waals surface area contributed by atoms with Crippen LogP contribution in [0.25, 0.3) is 21.8 Å². The van der Waals surface area contributed by atoms with E-state index in [4.69, 9.17) is 14.5 Å². The molecule has 118 valence electrons. The molecule has 0 atom stereocenters. The summed E-state index contributed by atoms with van der Waals surface area (Å²) in [6, 6.07) is 14.4. The van der Waals surface area contributed by atoms with Gasteiger partial charge in [-0.2, -0.15) is 0 Å². The van der Waals surface area contributed by atoms with Gasteiger partial charge in [0, 0.05) is 16.5 Å². The van der Waals surface area contributed by atoms with Crippen LogP contribution in [0.1, 0.15) is 12.5 Å². The van der Waals surface area contributed by atoms with Gasteiger partial charge in [0.1, 0.15) is 5.01 Å². The van der Waals surface area contributed by atoms with Crippen molar-refractivity contribution < 1.29 is 9.47 Å². The maximum Gasteiger partial charge on any atom is 0.161 e. The molecule has 1 heterocycles. The zero-order valence-electron chi connectivity index (χ0n) is 13.5.